The Morgan fingerprint density at radius 3 is 2.87 bits per heavy atom. The third-order valence-electron chi connectivity index (χ3n) is 2.13. The van der Waals surface area contributed by atoms with Crippen molar-refractivity contribution >= 4 is 12.0 Å². The lowest BCUT2D eigenvalue weighted by Crippen LogP contribution is -2.43. The monoisotopic (exact) mass is 211 g/mol. The Morgan fingerprint density at radius 2 is 2.27 bits per heavy atom. The van der Waals surface area contributed by atoms with Crippen LogP contribution in [0.2, 0.25) is 0 Å². The molecule has 0 aromatic carbocycles. The average Bonchev–Trinajstić information content (AvgIpc) is 2.65. The van der Waals surface area contributed by atoms with Crippen LogP contribution < -0.4 is 5.32 Å². The number of aryl methyl sites for hydroxylation is 1. The van der Waals surface area contributed by atoms with Crippen LogP contribution in [0, 0.1) is 6.92 Å². The number of nitrogens with one attached hydrogen (secondary N) is 1. The van der Waals surface area contributed by atoms with Crippen molar-refractivity contribution in [1.29, 1.82) is 0 Å². The Balaban J connectivity index is 1.91. The highest BCUT2D eigenvalue weighted by Gasteiger charge is 2.17. The molecule has 0 aliphatic carbocycles. The molecule has 0 spiro atoms. The summed E-state index contributed by atoms with van der Waals surface area (Å²) in [5.41, 5.74) is 0.743. The summed E-state index contributed by atoms with van der Waals surface area (Å²) in [6.45, 7) is 4.17. The van der Waals surface area contributed by atoms with Gasteiger partial charge in [-0.2, -0.15) is 4.98 Å². The van der Waals surface area contributed by atoms with Gasteiger partial charge in [-0.25, -0.2) is 4.79 Å². The molecule has 6 nitrogen and oxygen atoms in total. The molecular weight excluding hydrogens is 198 g/mol. The highest BCUT2D eigenvalue weighted by atomic mass is 16.5. The number of ether oxygens (including phenoxy) is 1. The van der Waals surface area contributed by atoms with Crippen molar-refractivity contribution < 1.29 is 13.9 Å². The fourth-order valence-corrected chi connectivity index (χ4v) is 1.35. The molecule has 0 atom stereocenters. The summed E-state index contributed by atoms with van der Waals surface area (Å²) in [7, 11) is 0. The first kappa shape index (κ1) is 9.97. The maximum Gasteiger partial charge on any atom is 0.325 e. The van der Waals surface area contributed by atoms with Gasteiger partial charge in [-0.1, -0.05) is 0 Å². The molecule has 2 heterocycles. The number of oxazole rings is 1. The summed E-state index contributed by atoms with van der Waals surface area (Å²) in [6, 6.07) is 0.0455. The van der Waals surface area contributed by atoms with Crippen molar-refractivity contribution in [3.8, 4) is 0 Å². The van der Waals surface area contributed by atoms with Crippen molar-refractivity contribution in [1.82, 2.24) is 9.88 Å². The molecule has 2 rings (SSSR count). The first-order valence-corrected chi connectivity index (χ1v) is 4.81. The van der Waals surface area contributed by atoms with E-state index in [1.807, 2.05) is 0 Å². The van der Waals surface area contributed by atoms with Crippen LogP contribution in [0.3, 0.4) is 0 Å². The lowest BCUT2D eigenvalue weighted by molar-refractivity contribution is 0.0563. The quantitative estimate of drug-likeness (QED) is 0.747. The molecule has 82 valence electrons. The molecule has 1 fully saturated rings. The predicted octanol–water partition coefficient (Wildman–Crippen LogP) is 0.847. The molecule has 1 aliphatic heterocycles. The molecule has 1 aliphatic rings. The van der Waals surface area contributed by atoms with E-state index >= 15 is 0 Å². The van der Waals surface area contributed by atoms with Crippen LogP contribution in [-0.2, 0) is 4.74 Å². The molecule has 6 heteroatoms. The number of amides is 2. The van der Waals surface area contributed by atoms with Crippen molar-refractivity contribution in [2.75, 3.05) is 31.6 Å². The zero-order chi connectivity index (χ0) is 10.7. The molecule has 0 saturated carbocycles. The van der Waals surface area contributed by atoms with E-state index in [1.54, 1.807) is 11.8 Å². The van der Waals surface area contributed by atoms with Crippen molar-refractivity contribution in [2.45, 2.75) is 6.92 Å². The first-order chi connectivity index (χ1) is 7.25. The number of rotatable bonds is 1. The van der Waals surface area contributed by atoms with Crippen LogP contribution in [0.5, 0.6) is 0 Å². The van der Waals surface area contributed by atoms with Crippen LogP contribution in [-0.4, -0.2) is 42.2 Å². The Kier molecular flexibility index (Phi) is 2.86. The van der Waals surface area contributed by atoms with Gasteiger partial charge in [-0.15, -0.1) is 0 Å². The van der Waals surface area contributed by atoms with Gasteiger partial charge >= 0.3 is 12.0 Å². The van der Waals surface area contributed by atoms with Gasteiger partial charge in [-0.3, -0.25) is 5.32 Å². The van der Waals surface area contributed by atoms with Gasteiger partial charge in [0.15, 0.2) is 0 Å². The molecule has 1 aromatic rings. The lowest BCUT2D eigenvalue weighted by Gasteiger charge is -2.26. The van der Waals surface area contributed by atoms with E-state index in [4.69, 9.17) is 9.15 Å². The van der Waals surface area contributed by atoms with Gasteiger partial charge < -0.3 is 14.1 Å². The van der Waals surface area contributed by atoms with Crippen LogP contribution in [0.4, 0.5) is 10.8 Å². The normalized spacial score (nSPS) is 16.5. The third kappa shape index (κ3) is 2.47. The minimum Gasteiger partial charge on any atom is -0.432 e. The van der Waals surface area contributed by atoms with Gasteiger partial charge in [0, 0.05) is 13.1 Å². The molecule has 1 N–H and O–H groups in total. The Hall–Kier alpha value is -1.56. The average molecular weight is 211 g/mol. The second kappa shape index (κ2) is 4.31. The maximum atomic E-state index is 11.6. The topological polar surface area (TPSA) is 67.6 Å². The number of aromatic nitrogens is 1. The zero-order valence-electron chi connectivity index (χ0n) is 8.52. The molecule has 0 radical (unpaired) electrons. The highest BCUT2D eigenvalue weighted by Crippen LogP contribution is 2.07. The van der Waals surface area contributed by atoms with Gasteiger partial charge in [0.1, 0.15) is 6.26 Å². The van der Waals surface area contributed by atoms with E-state index in [9.17, 15) is 4.79 Å². The Bertz CT molecular complexity index is 344. The van der Waals surface area contributed by atoms with Crippen LogP contribution in [0.25, 0.3) is 0 Å². The summed E-state index contributed by atoms with van der Waals surface area (Å²) in [6.07, 6.45) is 1.49. The van der Waals surface area contributed by atoms with Gasteiger partial charge in [-0.05, 0) is 6.92 Å². The van der Waals surface area contributed by atoms with Crippen molar-refractivity contribution in [3.05, 3.63) is 12.0 Å². The fraction of sp³-hybridized carbons (Fsp3) is 0.556. The van der Waals surface area contributed by atoms with Gasteiger partial charge in [0.25, 0.3) is 0 Å². The number of nitrogens with zero attached hydrogens (tertiary/aromatic N) is 2. The summed E-state index contributed by atoms with van der Waals surface area (Å²) in [4.78, 5) is 17.3. The Labute approximate surface area is 87.2 Å². The fourth-order valence-electron chi connectivity index (χ4n) is 1.35. The van der Waals surface area contributed by atoms with Crippen LogP contribution >= 0.6 is 0 Å². The number of urea groups is 1. The first-order valence-electron chi connectivity index (χ1n) is 4.81. The lowest BCUT2D eigenvalue weighted by atomic mass is 10.4. The van der Waals surface area contributed by atoms with Crippen LogP contribution in [0.15, 0.2) is 10.7 Å². The largest absolute Gasteiger partial charge is 0.432 e. The molecule has 1 aromatic heterocycles. The zero-order valence-corrected chi connectivity index (χ0v) is 8.52. The smallest absolute Gasteiger partial charge is 0.325 e. The van der Waals surface area contributed by atoms with Crippen LogP contribution in [0.1, 0.15) is 5.69 Å². The second-order valence-electron chi connectivity index (χ2n) is 3.32. The molecule has 1 saturated heterocycles. The standard InChI is InChI=1S/C9H13N3O3/c1-7-6-15-8(10-7)11-9(13)12-2-4-14-5-3-12/h6H,2-5H2,1H3,(H,10,11,13). The van der Waals surface area contributed by atoms with E-state index in [2.05, 4.69) is 10.3 Å². The van der Waals surface area contributed by atoms with E-state index in [0.717, 1.165) is 5.69 Å². The van der Waals surface area contributed by atoms with Gasteiger partial charge in [0.05, 0.1) is 18.9 Å². The van der Waals surface area contributed by atoms with Crippen molar-refractivity contribution in [3.63, 3.8) is 0 Å². The molecule has 0 bridgehead atoms. The predicted molar refractivity (Wildman–Crippen MR) is 52.7 cm³/mol. The summed E-state index contributed by atoms with van der Waals surface area (Å²) < 4.78 is 10.2. The second-order valence-corrected chi connectivity index (χ2v) is 3.32. The number of anilines is 1. The van der Waals surface area contributed by atoms with E-state index in [0.29, 0.717) is 26.3 Å². The third-order valence-corrected chi connectivity index (χ3v) is 2.13. The minimum absolute atomic E-state index is 0.194. The molecule has 0 unspecified atom stereocenters. The Morgan fingerprint density at radius 1 is 1.53 bits per heavy atom. The molecule has 15 heavy (non-hydrogen) atoms. The number of hydrogen-bond donors (Lipinski definition) is 1. The van der Waals surface area contributed by atoms with E-state index in [-0.39, 0.29) is 12.0 Å². The summed E-state index contributed by atoms with van der Waals surface area (Å²) in [5, 5.41) is 2.59. The van der Waals surface area contributed by atoms with Gasteiger partial charge in [0.2, 0.25) is 0 Å². The number of carbonyl (C=O) groups is 1. The SMILES string of the molecule is Cc1coc(NC(=O)N2CCOCC2)n1. The maximum absolute atomic E-state index is 11.6. The summed E-state index contributed by atoms with van der Waals surface area (Å²) >= 11 is 0. The van der Waals surface area contributed by atoms with E-state index < -0.39 is 0 Å². The number of morpholine rings is 1. The number of hydrogen-bond acceptors (Lipinski definition) is 4. The molecular formula is C9H13N3O3. The number of carbonyl (C=O) groups excluding carboxylic acids is 1. The summed E-state index contributed by atoms with van der Waals surface area (Å²) in [5.74, 6) is 0. The minimum atomic E-state index is -0.194. The highest BCUT2D eigenvalue weighted by molar-refractivity contribution is 5.87. The van der Waals surface area contributed by atoms with Crippen molar-refractivity contribution in [2.24, 2.45) is 0 Å². The molecule has 2 amide bonds. The van der Waals surface area contributed by atoms with E-state index in [1.165, 1.54) is 6.26 Å².